The van der Waals surface area contributed by atoms with Crippen LogP contribution in [0.3, 0.4) is 0 Å². The molecular weight excluding hydrogens is 392 g/mol. The van der Waals surface area contributed by atoms with E-state index in [2.05, 4.69) is 5.32 Å². The van der Waals surface area contributed by atoms with Crippen molar-refractivity contribution in [3.8, 4) is 0 Å². The number of amides is 2. The van der Waals surface area contributed by atoms with Gasteiger partial charge in [0.25, 0.3) is 5.91 Å². The summed E-state index contributed by atoms with van der Waals surface area (Å²) in [5, 5.41) is 3.19. The zero-order chi connectivity index (χ0) is 18.7. The fourth-order valence-corrected chi connectivity index (χ4v) is 4.70. The van der Waals surface area contributed by atoms with E-state index >= 15 is 0 Å². The lowest BCUT2D eigenvalue weighted by Crippen LogP contribution is -2.50. The van der Waals surface area contributed by atoms with Gasteiger partial charge in [0.15, 0.2) is 0 Å². The molecule has 0 atom stereocenters. The number of hydrogen-bond donors (Lipinski definition) is 1. The maximum atomic E-state index is 12.9. The van der Waals surface area contributed by atoms with Gasteiger partial charge in [0, 0.05) is 64.8 Å². The molecule has 2 saturated heterocycles. The molecule has 0 aromatic heterocycles. The highest BCUT2D eigenvalue weighted by Gasteiger charge is 2.30. The number of rotatable bonds is 3. The molecule has 2 aliphatic rings. The zero-order valence-electron chi connectivity index (χ0n) is 15.3. The predicted molar refractivity (Wildman–Crippen MR) is 103 cm³/mol. The molecule has 3 rings (SSSR count). The summed E-state index contributed by atoms with van der Waals surface area (Å²) in [7, 11) is -3.69. The van der Waals surface area contributed by atoms with Gasteiger partial charge in [-0.05, 0) is 18.2 Å². The number of hydrogen-bond acceptors (Lipinski definition) is 5. The lowest BCUT2D eigenvalue weighted by Gasteiger charge is -2.33. The highest BCUT2D eigenvalue weighted by molar-refractivity contribution is 7.89. The Kier molecular flexibility index (Phi) is 7.21. The van der Waals surface area contributed by atoms with Crippen molar-refractivity contribution in [1.82, 2.24) is 19.4 Å². The zero-order valence-corrected chi connectivity index (χ0v) is 16.9. The van der Waals surface area contributed by atoms with E-state index in [-0.39, 0.29) is 42.2 Å². The van der Waals surface area contributed by atoms with Crippen LogP contribution in [0.2, 0.25) is 0 Å². The molecule has 0 bridgehead atoms. The second-order valence-electron chi connectivity index (χ2n) is 6.48. The molecule has 2 heterocycles. The first-order valence-electron chi connectivity index (χ1n) is 8.75. The molecule has 0 spiro atoms. The number of benzene rings is 1. The molecular formula is C17H25ClN4O4S. The Morgan fingerprint density at radius 3 is 2.19 bits per heavy atom. The van der Waals surface area contributed by atoms with Crippen LogP contribution in [-0.4, -0.2) is 86.7 Å². The van der Waals surface area contributed by atoms with Gasteiger partial charge in [0.05, 0.1) is 4.90 Å². The van der Waals surface area contributed by atoms with Crippen molar-refractivity contribution >= 4 is 34.2 Å². The highest BCUT2D eigenvalue weighted by atomic mass is 35.5. The van der Waals surface area contributed by atoms with Crippen LogP contribution in [0.4, 0.5) is 0 Å². The molecule has 0 aliphatic carbocycles. The Bertz CT molecular complexity index is 788. The van der Waals surface area contributed by atoms with Crippen molar-refractivity contribution < 1.29 is 18.0 Å². The fourth-order valence-electron chi connectivity index (χ4n) is 3.23. The van der Waals surface area contributed by atoms with Crippen LogP contribution in [0.25, 0.3) is 0 Å². The van der Waals surface area contributed by atoms with Crippen LogP contribution in [0.5, 0.6) is 0 Å². The third-order valence-electron chi connectivity index (χ3n) is 4.81. The second-order valence-corrected chi connectivity index (χ2v) is 8.42. The van der Waals surface area contributed by atoms with Gasteiger partial charge in [-0.25, -0.2) is 8.42 Å². The molecule has 2 aliphatic heterocycles. The van der Waals surface area contributed by atoms with E-state index in [0.717, 1.165) is 13.1 Å². The van der Waals surface area contributed by atoms with Crippen LogP contribution in [0.15, 0.2) is 29.2 Å². The lowest BCUT2D eigenvalue weighted by atomic mass is 10.2. The van der Waals surface area contributed by atoms with Crippen molar-refractivity contribution in [2.24, 2.45) is 0 Å². The van der Waals surface area contributed by atoms with Gasteiger partial charge in [-0.3, -0.25) is 9.59 Å². The molecule has 150 valence electrons. The first kappa shape index (κ1) is 21.6. The minimum absolute atomic E-state index is 0. The number of carbonyl (C=O) groups is 2. The van der Waals surface area contributed by atoms with Crippen LogP contribution in [-0.2, 0) is 14.8 Å². The topological polar surface area (TPSA) is 90.0 Å². The number of nitrogens with one attached hydrogen (secondary N) is 1. The number of nitrogens with zero attached hydrogens (tertiary/aromatic N) is 3. The Balaban J connectivity index is 0.00000261. The van der Waals surface area contributed by atoms with Crippen LogP contribution in [0, 0.1) is 0 Å². The third-order valence-corrected chi connectivity index (χ3v) is 6.70. The summed E-state index contributed by atoms with van der Waals surface area (Å²) >= 11 is 0. The van der Waals surface area contributed by atoms with Gasteiger partial charge in [0.1, 0.15) is 0 Å². The minimum Gasteiger partial charge on any atom is -0.340 e. The average molecular weight is 417 g/mol. The molecule has 0 unspecified atom stereocenters. The van der Waals surface area contributed by atoms with Crippen molar-refractivity contribution in [2.45, 2.75) is 11.8 Å². The Morgan fingerprint density at radius 1 is 0.963 bits per heavy atom. The average Bonchev–Trinajstić information content (AvgIpc) is 2.68. The van der Waals surface area contributed by atoms with E-state index in [1.54, 1.807) is 21.9 Å². The SMILES string of the molecule is CC(=O)N1CCN(S(=O)(=O)c2cccc(C(=O)N3CCNCC3)c2)CC1.Cl. The van der Waals surface area contributed by atoms with Gasteiger partial charge in [-0.1, -0.05) is 6.07 Å². The summed E-state index contributed by atoms with van der Waals surface area (Å²) < 4.78 is 27.2. The Hall–Kier alpha value is -1.68. The monoisotopic (exact) mass is 416 g/mol. The predicted octanol–water partition coefficient (Wildman–Crippen LogP) is 0.00660. The fraction of sp³-hybridized carbons (Fsp3) is 0.529. The molecule has 0 radical (unpaired) electrons. The quantitative estimate of drug-likeness (QED) is 0.749. The van der Waals surface area contributed by atoms with E-state index < -0.39 is 10.0 Å². The normalized spacial score (nSPS) is 18.7. The van der Waals surface area contributed by atoms with E-state index in [4.69, 9.17) is 0 Å². The Labute approximate surface area is 166 Å². The summed E-state index contributed by atoms with van der Waals surface area (Å²) in [5.74, 6) is -0.199. The molecule has 8 nitrogen and oxygen atoms in total. The summed E-state index contributed by atoms with van der Waals surface area (Å²) in [6.45, 7) is 5.48. The van der Waals surface area contributed by atoms with Gasteiger partial charge >= 0.3 is 0 Å². The molecule has 10 heteroatoms. The van der Waals surface area contributed by atoms with E-state index in [1.807, 2.05) is 0 Å². The molecule has 0 saturated carbocycles. The number of piperazine rings is 2. The molecule has 27 heavy (non-hydrogen) atoms. The summed E-state index contributed by atoms with van der Waals surface area (Å²) in [6.07, 6.45) is 0. The second kappa shape index (κ2) is 9.01. The standard InChI is InChI=1S/C17H24N4O4S.ClH/c1-14(22)19-9-11-21(12-10-19)26(24,25)16-4-2-3-15(13-16)17(23)20-7-5-18-6-8-20;/h2-4,13,18H,5-12H2,1H3;1H. The summed E-state index contributed by atoms with van der Waals surface area (Å²) in [4.78, 5) is 27.5. The molecule has 2 fully saturated rings. The summed E-state index contributed by atoms with van der Waals surface area (Å²) in [6, 6.07) is 6.23. The Morgan fingerprint density at radius 2 is 1.59 bits per heavy atom. The van der Waals surface area contributed by atoms with E-state index in [9.17, 15) is 18.0 Å². The smallest absolute Gasteiger partial charge is 0.253 e. The molecule has 2 amide bonds. The summed E-state index contributed by atoms with van der Waals surface area (Å²) in [5.41, 5.74) is 0.385. The van der Waals surface area contributed by atoms with Gasteiger partial charge in [-0.2, -0.15) is 4.31 Å². The number of sulfonamides is 1. The van der Waals surface area contributed by atoms with Crippen molar-refractivity contribution in [1.29, 1.82) is 0 Å². The van der Waals surface area contributed by atoms with Crippen LogP contribution < -0.4 is 5.32 Å². The van der Waals surface area contributed by atoms with Crippen molar-refractivity contribution in [3.05, 3.63) is 29.8 Å². The van der Waals surface area contributed by atoms with E-state index in [0.29, 0.717) is 31.7 Å². The number of halogens is 1. The maximum Gasteiger partial charge on any atom is 0.253 e. The maximum absolute atomic E-state index is 12.9. The van der Waals surface area contributed by atoms with Gasteiger partial charge in [0.2, 0.25) is 15.9 Å². The van der Waals surface area contributed by atoms with E-state index in [1.165, 1.54) is 23.4 Å². The molecule has 1 aromatic rings. The highest BCUT2D eigenvalue weighted by Crippen LogP contribution is 2.20. The van der Waals surface area contributed by atoms with Crippen molar-refractivity contribution in [3.63, 3.8) is 0 Å². The minimum atomic E-state index is -3.69. The first-order valence-corrected chi connectivity index (χ1v) is 10.2. The van der Waals surface area contributed by atoms with Gasteiger partial charge in [-0.15, -0.1) is 12.4 Å². The largest absolute Gasteiger partial charge is 0.340 e. The third kappa shape index (κ3) is 4.78. The van der Waals surface area contributed by atoms with Gasteiger partial charge < -0.3 is 15.1 Å². The van der Waals surface area contributed by atoms with Crippen LogP contribution >= 0.6 is 12.4 Å². The van der Waals surface area contributed by atoms with Crippen molar-refractivity contribution in [2.75, 3.05) is 52.4 Å². The first-order chi connectivity index (χ1) is 12.4. The molecule has 1 aromatic carbocycles. The van der Waals surface area contributed by atoms with Crippen LogP contribution in [0.1, 0.15) is 17.3 Å². The molecule has 1 N–H and O–H groups in total. The lowest BCUT2D eigenvalue weighted by molar-refractivity contribution is -0.129. The number of carbonyl (C=O) groups excluding carboxylic acids is 2.